The standard InChI is InChI=1S/C16H17ClN2O6/c1-9(15(21)19-16(18)22)25-13(20)4-3-10-7-11(17)14-12(8-10)23-5-2-6-24-14/h3-4,7-9H,2,5-6H2,1H3,(H3,18,19,21,22)/b4-3+/t9-/m0/s1. The van der Waals surface area contributed by atoms with Crippen LogP contribution in [0.25, 0.3) is 6.08 Å². The quantitative estimate of drug-likeness (QED) is 0.616. The van der Waals surface area contributed by atoms with E-state index in [0.29, 0.717) is 35.3 Å². The zero-order valence-electron chi connectivity index (χ0n) is 13.4. The molecule has 134 valence electrons. The number of carbonyl (C=O) groups excluding carboxylic acids is 3. The zero-order valence-corrected chi connectivity index (χ0v) is 14.2. The van der Waals surface area contributed by atoms with Gasteiger partial charge in [0.25, 0.3) is 5.91 Å². The highest BCUT2D eigenvalue weighted by Gasteiger charge is 2.18. The zero-order chi connectivity index (χ0) is 18.4. The van der Waals surface area contributed by atoms with Crippen molar-refractivity contribution in [2.45, 2.75) is 19.4 Å². The Kier molecular flexibility index (Phi) is 6.24. The van der Waals surface area contributed by atoms with Gasteiger partial charge in [-0.1, -0.05) is 11.6 Å². The average Bonchev–Trinajstić information content (AvgIpc) is 2.78. The number of nitrogens with two attached hydrogens (primary N) is 1. The van der Waals surface area contributed by atoms with Crippen LogP contribution >= 0.6 is 11.6 Å². The molecule has 0 fully saturated rings. The summed E-state index contributed by atoms with van der Waals surface area (Å²) >= 11 is 6.16. The molecule has 8 nitrogen and oxygen atoms in total. The number of urea groups is 1. The number of imide groups is 1. The van der Waals surface area contributed by atoms with Crippen molar-refractivity contribution in [1.82, 2.24) is 5.32 Å². The van der Waals surface area contributed by atoms with E-state index < -0.39 is 24.0 Å². The molecular formula is C16H17ClN2O6. The molecule has 0 radical (unpaired) electrons. The van der Waals surface area contributed by atoms with Gasteiger partial charge in [0.15, 0.2) is 17.6 Å². The number of esters is 1. The monoisotopic (exact) mass is 368 g/mol. The van der Waals surface area contributed by atoms with Gasteiger partial charge >= 0.3 is 12.0 Å². The number of hydrogen-bond acceptors (Lipinski definition) is 6. The Balaban J connectivity index is 2.02. The number of benzene rings is 1. The van der Waals surface area contributed by atoms with E-state index in [4.69, 9.17) is 31.5 Å². The minimum Gasteiger partial charge on any atom is -0.489 e. The fourth-order valence-corrected chi connectivity index (χ4v) is 2.27. The van der Waals surface area contributed by atoms with Gasteiger partial charge in [0.1, 0.15) is 0 Å². The number of rotatable bonds is 4. The van der Waals surface area contributed by atoms with Crippen LogP contribution in [0.4, 0.5) is 4.79 Å². The molecule has 1 aliphatic rings. The van der Waals surface area contributed by atoms with Crippen LogP contribution in [-0.4, -0.2) is 37.2 Å². The summed E-state index contributed by atoms with van der Waals surface area (Å²) in [4.78, 5) is 33.8. The third-order valence-electron chi connectivity index (χ3n) is 3.14. The van der Waals surface area contributed by atoms with Crippen LogP contribution in [0.2, 0.25) is 5.02 Å². The number of fused-ring (bicyclic) bond motifs is 1. The van der Waals surface area contributed by atoms with Crippen LogP contribution in [0.1, 0.15) is 18.9 Å². The van der Waals surface area contributed by atoms with E-state index in [0.717, 1.165) is 12.5 Å². The molecule has 0 saturated heterocycles. The number of nitrogens with one attached hydrogen (secondary N) is 1. The summed E-state index contributed by atoms with van der Waals surface area (Å²) in [5, 5.41) is 2.18. The Morgan fingerprint density at radius 3 is 2.76 bits per heavy atom. The first kappa shape index (κ1) is 18.6. The summed E-state index contributed by atoms with van der Waals surface area (Å²) in [6, 6.07) is 2.27. The Morgan fingerprint density at radius 2 is 2.04 bits per heavy atom. The van der Waals surface area contributed by atoms with Crippen LogP contribution in [-0.2, 0) is 14.3 Å². The SMILES string of the molecule is C[C@H](OC(=O)/C=C/c1cc(Cl)c2c(c1)OCCCO2)C(=O)NC(N)=O. The van der Waals surface area contributed by atoms with Crippen molar-refractivity contribution < 1.29 is 28.6 Å². The summed E-state index contributed by atoms with van der Waals surface area (Å²) in [7, 11) is 0. The number of primary amides is 1. The molecule has 1 heterocycles. The number of halogens is 1. The first-order valence-corrected chi connectivity index (χ1v) is 7.82. The normalized spacial score (nSPS) is 14.5. The third kappa shape index (κ3) is 5.39. The van der Waals surface area contributed by atoms with E-state index in [2.05, 4.69) is 0 Å². The molecule has 1 aromatic carbocycles. The summed E-state index contributed by atoms with van der Waals surface area (Å²) in [6.07, 6.45) is 2.16. The van der Waals surface area contributed by atoms with E-state index in [1.165, 1.54) is 13.0 Å². The predicted octanol–water partition coefficient (Wildman–Crippen LogP) is 1.64. The van der Waals surface area contributed by atoms with Crippen molar-refractivity contribution in [2.24, 2.45) is 5.73 Å². The van der Waals surface area contributed by atoms with Gasteiger partial charge in [0.2, 0.25) is 0 Å². The van der Waals surface area contributed by atoms with Gasteiger partial charge in [-0.15, -0.1) is 0 Å². The van der Waals surface area contributed by atoms with Gasteiger partial charge in [0.05, 0.1) is 18.2 Å². The summed E-state index contributed by atoms with van der Waals surface area (Å²) in [5.41, 5.74) is 5.42. The van der Waals surface area contributed by atoms with Crippen molar-refractivity contribution >= 4 is 35.6 Å². The second-order valence-electron chi connectivity index (χ2n) is 5.15. The lowest BCUT2D eigenvalue weighted by Gasteiger charge is -2.11. The minimum absolute atomic E-state index is 0.363. The van der Waals surface area contributed by atoms with E-state index in [9.17, 15) is 14.4 Å². The molecule has 1 atom stereocenters. The Labute approximate surface area is 148 Å². The third-order valence-corrected chi connectivity index (χ3v) is 3.43. The molecule has 1 aromatic rings. The van der Waals surface area contributed by atoms with Gasteiger partial charge in [0, 0.05) is 12.5 Å². The van der Waals surface area contributed by atoms with E-state index >= 15 is 0 Å². The van der Waals surface area contributed by atoms with Crippen molar-refractivity contribution in [2.75, 3.05) is 13.2 Å². The van der Waals surface area contributed by atoms with Gasteiger partial charge in [-0.05, 0) is 30.7 Å². The van der Waals surface area contributed by atoms with Crippen molar-refractivity contribution in [3.8, 4) is 11.5 Å². The summed E-state index contributed by atoms with van der Waals surface area (Å²) in [6.45, 7) is 2.33. The number of amides is 3. The second kappa shape index (κ2) is 8.39. The molecule has 9 heteroatoms. The Morgan fingerprint density at radius 1 is 1.32 bits per heavy atom. The van der Waals surface area contributed by atoms with Crippen molar-refractivity contribution in [3.05, 3.63) is 28.8 Å². The molecule has 1 aliphatic heterocycles. The highest BCUT2D eigenvalue weighted by atomic mass is 35.5. The molecule has 0 aromatic heterocycles. The highest BCUT2D eigenvalue weighted by Crippen LogP contribution is 2.38. The number of ether oxygens (including phenoxy) is 3. The summed E-state index contributed by atoms with van der Waals surface area (Å²) < 4.78 is 15.9. The molecule has 2 rings (SSSR count). The number of hydrogen-bond donors (Lipinski definition) is 2. The molecular weight excluding hydrogens is 352 g/mol. The minimum atomic E-state index is -1.17. The second-order valence-corrected chi connectivity index (χ2v) is 5.55. The lowest BCUT2D eigenvalue weighted by molar-refractivity contribution is -0.149. The van der Waals surface area contributed by atoms with Gasteiger partial charge < -0.3 is 19.9 Å². The maximum atomic E-state index is 11.8. The van der Waals surface area contributed by atoms with Crippen molar-refractivity contribution in [1.29, 1.82) is 0 Å². The largest absolute Gasteiger partial charge is 0.489 e. The van der Waals surface area contributed by atoms with Crippen LogP contribution in [0.3, 0.4) is 0 Å². The molecule has 0 saturated carbocycles. The molecule has 0 aliphatic carbocycles. The fourth-order valence-electron chi connectivity index (χ4n) is 2.00. The van der Waals surface area contributed by atoms with Gasteiger partial charge in [-0.25, -0.2) is 9.59 Å². The molecule has 0 bridgehead atoms. The van der Waals surface area contributed by atoms with Crippen LogP contribution in [0.15, 0.2) is 18.2 Å². The lowest BCUT2D eigenvalue weighted by atomic mass is 10.2. The van der Waals surface area contributed by atoms with Crippen LogP contribution in [0.5, 0.6) is 11.5 Å². The maximum Gasteiger partial charge on any atom is 0.331 e. The molecule has 3 N–H and O–H groups in total. The van der Waals surface area contributed by atoms with Gasteiger partial charge in [-0.2, -0.15) is 0 Å². The van der Waals surface area contributed by atoms with Crippen LogP contribution in [0, 0.1) is 0 Å². The van der Waals surface area contributed by atoms with E-state index in [1.54, 1.807) is 12.1 Å². The van der Waals surface area contributed by atoms with E-state index in [1.807, 2.05) is 5.32 Å². The summed E-state index contributed by atoms with van der Waals surface area (Å²) in [5.74, 6) is -0.619. The first-order chi connectivity index (χ1) is 11.9. The lowest BCUT2D eigenvalue weighted by Crippen LogP contribution is -2.42. The smallest absolute Gasteiger partial charge is 0.331 e. The molecule has 25 heavy (non-hydrogen) atoms. The maximum absolute atomic E-state index is 11.8. The Hall–Kier alpha value is -2.74. The first-order valence-electron chi connectivity index (χ1n) is 7.45. The van der Waals surface area contributed by atoms with E-state index in [-0.39, 0.29) is 0 Å². The molecule has 3 amide bonds. The molecule has 0 spiro atoms. The van der Waals surface area contributed by atoms with Crippen LogP contribution < -0.4 is 20.5 Å². The molecule has 0 unspecified atom stereocenters. The topological polar surface area (TPSA) is 117 Å². The van der Waals surface area contributed by atoms with Gasteiger partial charge in [-0.3, -0.25) is 10.1 Å². The van der Waals surface area contributed by atoms with Crippen molar-refractivity contribution in [3.63, 3.8) is 0 Å². The Bertz CT molecular complexity index is 719. The average molecular weight is 369 g/mol. The number of carbonyl (C=O) groups is 3. The fraction of sp³-hybridized carbons (Fsp3) is 0.312. The highest BCUT2D eigenvalue weighted by molar-refractivity contribution is 6.32. The predicted molar refractivity (Wildman–Crippen MR) is 89.4 cm³/mol.